The van der Waals surface area contributed by atoms with Crippen molar-refractivity contribution in [1.82, 2.24) is 14.9 Å². The Morgan fingerprint density at radius 3 is 2.59 bits per heavy atom. The molecular formula is C17H21BrN4. The Morgan fingerprint density at radius 1 is 1.18 bits per heavy atom. The summed E-state index contributed by atoms with van der Waals surface area (Å²) in [5.74, 6) is 0.756. The number of benzene rings is 1. The van der Waals surface area contributed by atoms with Gasteiger partial charge in [-0.1, -0.05) is 28.1 Å². The average molecular weight is 361 g/mol. The average Bonchev–Trinajstić information content (AvgIpc) is 2.52. The fourth-order valence-electron chi connectivity index (χ4n) is 2.78. The standard InChI is InChI=1S/C17H21BrN4/c1-13-6-9-19-17(20-13)21-16-7-10-22(11-8-16)12-14-2-4-15(18)5-3-14/h2-6,9,16H,7-8,10-12H2,1H3,(H,19,20,21). The molecule has 0 saturated carbocycles. The van der Waals surface area contributed by atoms with Crippen molar-refractivity contribution in [3.05, 3.63) is 52.3 Å². The molecule has 1 saturated heterocycles. The smallest absolute Gasteiger partial charge is 0.223 e. The lowest BCUT2D eigenvalue weighted by Gasteiger charge is -2.32. The molecule has 22 heavy (non-hydrogen) atoms. The van der Waals surface area contributed by atoms with E-state index in [0.717, 1.165) is 48.6 Å². The third-order valence-electron chi connectivity index (χ3n) is 4.04. The Hall–Kier alpha value is -1.46. The van der Waals surface area contributed by atoms with E-state index >= 15 is 0 Å². The first-order chi connectivity index (χ1) is 10.7. The molecule has 0 atom stereocenters. The van der Waals surface area contributed by atoms with E-state index in [2.05, 4.69) is 60.4 Å². The predicted octanol–water partition coefficient (Wildman–Crippen LogP) is 3.62. The summed E-state index contributed by atoms with van der Waals surface area (Å²) in [4.78, 5) is 11.2. The maximum atomic E-state index is 4.42. The molecule has 1 fully saturated rings. The van der Waals surface area contributed by atoms with Crippen LogP contribution in [-0.2, 0) is 6.54 Å². The fraction of sp³-hybridized carbons (Fsp3) is 0.412. The van der Waals surface area contributed by atoms with E-state index in [4.69, 9.17) is 0 Å². The molecule has 0 unspecified atom stereocenters. The van der Waals surface area contributed by atoms with Gasteiger partial charge in [0.15, 0.2) is 0 Å². The molecule has 1 aromatic carbocycles. The lowest BCUT2D eigenvalue weighted by molar-refractivity contribution is 0.211. The van der Waals surface area contributed by atoms with Gasteiger partial charge in [0.2, 0.25) is 5.95 Å². The minimum Gasteiger partial charge on any atom is -0.351 e. The van der Waals surface area contributed by atoms with Gasteiger partial charge in [-0.3, -0.25) is 4.90 Å². The summed E-state index contributed by atoms with van der Waals surface area (Å²) in [5, 5.41) is 3.46. The summed E-state index contributed by atoms with van der Waals surface area (Å²) >= 11 is 3.48. The van der Waals surface area contributed by atoms with Gasteiger partial charge in [-0.2, -0.15) is 0 Å². The van der Waals surface area contributed by atoms with Crippen LogP contribution in [0.25, 0.3) is 0 Å². The molecule has 1 N–H and O–H groups in total. The quantitative estimate of drug-likeness (QED) is 0.903. The molecule has 2 heterocycles. The van der Waals surface area contributed by atoms with Gasteiger partial charge in [-0.05, 0) is 43.5 Å². The van der Waals surface area contributed by atoms with Gasteiger partial charge in [-0.15, -0.1) is 0 Å². The number of nitrogens with one attached hydrogen (secondary N) is 1. The van der Waals surface area contributed by atoms with Crippen LogP contribution in [0.2, 0.25) is 0 Å². The van der Waals surface area contributed by atoms with Gasteiger partial charge >= 0.3 is 0 Å². The van der Waals surface area contributed by atoms with E-state index in [-0.39, 0.29) is 0 Å². The van der Waals surface area contributed by atoms with Crippen LogP contribution in [-0.4, -0.2) is 34.0 Å². The van der Waals surface area contributed by atoms with E-state index in [9.17, 15) is 0 Å². The van der Waals surface area contributed by atoms with E-state index in [1.165, 1.54) is 5.56 Å². The van der Waals surface area contributed by atoms with Crippen molar-refractivity contribution < 1.29 is 0 Å². The molecule has 0 amide bonds. The number of likely N-dealkylation sites (tertiary alicyclic amines) is 1. The molecule has 0 radical (unpaired) electrons. The molecular weight excluding hydrogens is 340 g/mol. The van der Waals surface area contributed by atoms with Crippen molar-refractivity contribution in [3.8, 4) is 0 Å². The Morgan fingerprint density at radius 2 is 1.91 bits per heavy atom. The first-order valence-electron chi connectivity index (χ1n) is 7.72. The molecule has 1 aromatic heterocycles. The molecule has 2 aromatic rings. The highest BCUT2D eigenvalue weighted by molar-refractivity contribution is 9.10. The highest BCUT2D eigenvalue weighted by Crippen LogP contribution is 2.18. The minimum absolute atomic E-state index is 0.475. The van der Waals surface area contributed by atoms with Crippen LogP contribution in [0.5, 0.6) is 0 Å². The van der Waals surface area contributed by atoms with Crippen LogP contribution in [0.1, 0.15) is 24.1 Å². The molecule has 0 spiro atoms. The van der Waals surface area contributed by atoms with E-state index in [1.807, 2.05) is 19.2 Å². The highest BCUT2D eigenvalue weighted by atomic mass is 79.9. The van der Waals surface area contributed by atoms with Gasteiger partial charge in [0, 0.05) is 42.0 Å². The van der Waals surface area contributed by atoms with Crippen LogP contribution in [0, 0.1) is 6.92 Å². The number of hydrogen-bond donors (Lipinski definition) is 1. The van der Waals surface area contributed by atoms with Crippen molar-refractivity contribution in [1.29, 1.82) is 0 Å². The normalized spacial score (nSPS) is 16.6. The third kappa shape index (κ3) is 4.27. The fourth-order valence-corrected chi connectivity index (χ4v) is 3.05. The minimum atomic E-state index is 0.475. The number of aromatic nitrogens is 2. The molecule has 5 heteroatoms. The summed E-state index contributed by atoms with van der Waals surface area (Å²) in [6.45, 7) is 5.24. The third-order valence-corrected chi connectivity index (χ3v) is 4.56. The van der Waals surface area contributed by atoms with Gasteiger partial charge < -0.3 is 5.32 Å². The van der Waals surface area contributed by atoms with E-state index in [0.29, 0.717) is 6.04 Å². The van der Waals surface area contributed by atoms with Crippen LogP contribution >= 0.6 is 15.9 Å². The summed E-state index contributed by atoms with van der Waals surface area (Å²) in [5.41, 5.74) is 2.38. The van der Waals surface area contributed by atoms with Crippen molar-refractivity contribution >= 4 is 21.9 Å². The number of piperidine rings is 1. The maximum absolute atomic E-state index is 4.42. The lowest BCUT2D eigenvalue weighted by atomic mass is 10.0. The number of halogens is 1. The van der Waals surface area contributed by atoms with Gasteiger partial charge in [0.25, 0.3) is 0 Å². The van der Waals surface area contributed by atoms with Crippen LogP contribution in [0.4, 0.5) is 5.95 Å². The van der Waals surface area contributed by atoms with Gasteiger partial charge in [-0.25, -0.2) is 9.97 Å². The highest BCUT2D eigenvalue weighted by Gasteiger charge is 2.19. The van der Waals surface area contributed by atoms with Crippen molar-refractivity contribution in [2.24, 2.45) is 0 Å². The van der Waals surface area contributed by atoms with Gasteiger partial charge in [0.1, 0.15) is 0 Å². The Bertz CT molecular complexity index is 606. The molecule has 1 aliphatic heterocycles. The molecule has 3 rings (SSSR count). The second-order valence-corrected chi connectivity index (χ2v) is 6.76. The molecule has 0 aliphatic carbocycles. The second kappa shape index (κ2) is 7.20. The first-order valence-corrected chi connectivity index (χ1v) is 8.51. The topological polar surface area (TPSA) is 41.1 Å². The zero-order valence-electron chi connectivity index (χ0n) is 12.8. The summed E-state index contributed by atoms with van der Waals surface area (Å²) in [6, 6.07) is 11.0. The predicted molar refractivity (Wildman–Crippen MR) is 92.8 cm³/mol. The Balaban J connectivity index is 1.49. The van der Waals surface area contributed by atoms with E-state index < -0.39 is 0 Å². The number of aryl methyl sites for hydroxylation is 1. The maximum Gasteiger partial charge on any atom is 0.223 e. The number of nitrogens with zero attached hydrogens (tertiary/aromatic N) is 3. The zero-order valence-corrected chi connectivity index (χ0v) is 14.4. The second-order valence-electron chi connectivity index (χ2n) is 5.84. The Kier molecular flexibility index (Phi) is 5.05. The van der Waals surface area contributed by atoms with Crippen molar-refractivity contribution in [3.63, 3.8) is 0 Å². The molecule has 116 valence electrons. The van der Waals surface area contributed by atoms with Crippen LogP contribution in [0.3, 0.4) is 0 Å². The zero-order chi connectivity index (χ0) is 15.4. The molecule has 0 bridgehead atoms. The molecule has 4 nitrogen and oxygen atoms in total. The monoisotopic (exact) mass is 360 g/mol. The summed E-state index contributed by atoms with van der Waals surface area (Å²) in [6.07, 6.45) is 4.08. The van der Waals surface area contributed by atoms with Crippen LogP contribution < -0.4 is 5.32 Å². The largest absolute Gasteiger partial charge is 0.351 e. The SMILES string of the molecule is Cc1ccnc(NC2CCN(Cc3ccc(Br)cc3)CC2)n1. The summed E-state index contributed by atoms with van der Waals surface area (Å²) in [7, 11) is 0. The number of rotatable bonds is 4. The Labute approximate surface area is 140 Å². The lowest BCUT2D eigenvalue weighted by Crippen LogP contribution is -2.39. The van der Waals surface area contributed by atoms with Gasteiger partial charge in [0.05, 0.1) is 0 Å². The summed E-state index contributed by atoms with van der Waals surface area (Å²) < 4.78 is 1.14. The van der Waals surface area contributed by atoms with Crippen LogP contribution in [0.15, 0.2) is 41.0 Å². The van der Waals surface area contributed by atoms with Crippen molar-refractivity contribution in [2.75, 3.05) is 18.4 Å². The number of hydrogen-bond acceptors (Lipinski definition) is 4. The molecule has 1 aliphatic rings. The first kappa shape index (κ1) is 15.4. The van der Waals surface area contributed by atoms with E-state index in [1.54, 1.807) is 0 Å². The number of anilines is 1. The van der Waals surface area contributed by atoms with Crippen molar-refractivity contribution in [2.45, 2.75) is 32.4 Å².